The second-order valence-electron chi connectivity index (χ2n) is 5.58. The van der Waals surface area contributed by atoms with Gasteiger partial charge in [0.2, 0.25) is 0 Å². The van der Waals surface area contributed by atoms with Crippen LogP contribution in [0.2, 0.25) is 0 Å². The molecule has 0 aromatic carbocycles. The van der Waals surface area contributed by atoms with Gasteiger partial charge in [-0.2, -0.15) is 5.10 Å². The Morgan fingerprint density at radius 2 is 2.27 bits per heavy atom. The highest BCUT2D eigenvalue weighted by Gasteiger charge is 2.36. The van der Waals surface area contributed by atoms with Gasteiger partial charge >= 0.3 is 0 Å². The van der Waals surface area contributed by atoms with E-state index in [0.29, 0.717) is 12.8 Å². The number of carbonyl (C=O) groups is 1. The second-order valence-corrected chi connectivity index (χ2v) is 5.58. The number of H-pyrrole nitrogens is 1. The number of aryl methyl sites for hydroxylation is 1. The molecule has 3 N–H and O–H groups in total. The lowest BCUT2D eigenvalue weighted by molar-refractivity contribution is 0.0234. The third kappa shape index (κ3) is 2.91. The number of hydrogen-bond acceptors (Lipinski definition) is 5. The second kappa shape index (κ2) is 5.72. The highest BCUT2D eigenvalue weighted by molar-refractivity contribution is 5.92. The lowest BCUT2D eigenvalue weighted by atomic mass is 9.75. The van der Waals surface area contributed by atoms with Gasteiger partial charge in [0, 0.05) is 25.0 Å². The van der Waals surface area contributed by atoms with E-state index in [1.807, 2.05) is 13.2 Å². The lowest BCUT2D eigenvalue weighted by Gasteiger charge is -2.37. The standard InChI is InChI=1S/C14H17N5O3/c1-19-7-9(4-17-19)13(8-2-10(20)3-8)18-14(22)11-5-16-12(21)6-15-11/h4-8,10,13,20H,2-3H2,1H3,(H,16,21)(H,18,22). The molecule has 1 atom stereocenters. The number of hydrogen-bond donors (Lipinski definition) is 3. The van der Waals surface area contributed by atoms with Crippen LogP contribution in [0.5, 0.6) is 0 Å². The van der Waals surface area contributed by atoms with E-state index in [4.69, 9.17) is 0 Å². The molecular weight excluding hydrogens is 286 g/mol. The van der Waals surface area contributed by atoms with Crippen LogP contribution in [0.3, 0.4) is 0 Å². The Morgan fingerprint density at radius 1 is 1.50 bits per heavy atom. The summed E-state index contributed by atoms with van der Waals surface area (Å²) >= 11 is 0. The Balaban J connectivity index is 1.79. The molecule has 0 bridgehead atoms. The van der Waals surface area contributed by atoms with Crippen LogP contribution in [0, 0.1) is 5.92 Å². The number of carbonyl (C=O) groups excluding carboxylic acids is 1. The molecule has 0 saturated heterocycles. The van der Waals surface area contributed by atoms with E-state index in [1.165, 1.54) is 6.20 Å². The summed E-state index contributed by atoms with van der Waals surface area (Å²) < 4.78 is 1.67. The normalized spacial score (nSPS) is 21.9. The average molecular weight is 303 g/mol. The first-order valence-electron chi connectivity index (χ1n) is 7.05. The van der Waals surface area contributed by atoms with E-state index in [1.54, 1.807) is 10.9 Å². The van der Waals surface area contributed by atoms with Crippen LogP contribution in [0.15, 0.2) is 29.6 Å². The quantitative estimate of drug-likeness (QED) is 0.720. The van der Waals surface area contributed by atoms with Gasteiger partial charge in [-0.3, -0.25) is 14.3 Å². The fourth-order valence-electron chi connectivity index (χ4n) is 2.66. The maximum absolute atomic E-state index is 12.3. The molecule has 8 heteroatoms. The molecule has 0 aliphatic heterocycles. The van der Waals surface area contributed by atoms with Crippen LogP contribution in [0.4, 0.5) is 0 Å². The Morgan fingerprint density at radius 3 is 2.82 bits per heavy atom. The van der Waals surface area contributed by atoms with E-state index in [2.05, 4.69) is 20.4 Å². The number of aromatic amines is 1. The molecule has 0 radical (unpaired) electrons. The van der Waals surface area contributed by atoms with Gasteiger partial charge in [-0.15, -0.1) is 0 Å². The van der Waals surface area contributed by atoms with E-state index < -0.39 is 0 Å². The Bertz CT molecular complexity index is 712. The third-order valence-electron chi connectivity index (χ3n) is 3.90. The Labute approximate surface area is 126 Å². The van der Waals surface area contributed by atoms with E-state index in [-0.39, 0.29) is 35.2 Å². The minimum Gasteiger partial charge on any atom is -0.393 e. The molecule has 3 rings (SSSR count). The number of nitrogens with zero attached hydrogens (tertiary/aromatic N) is 3. The summed E-state index contributed by atoms with van der Waals surface area (Å²) in [7, 11) is 1.81. The van der Waals surface area contributed by atoms with Crippen molar-refractivity contribution in [2.75, 3.05) is 0 Å². The van der Waals surface area contributed by atoms with Crippen molar-refractivity contribution in [2.45, 2.75) is 25.0 Å². The number of rotatable bonds is 4. The highest BCUT2D eigenvalue weighted by Crippen LogP contribution is 2.38. The molecule has 0 spiro atoms. The first kappa shape index (κ1) is 14.5. The zero-order valence-corrected chi connectivity index (χ0v) is 12.1. The maximum Gasteiger partial charge on any atom is 0.271 e. The van der Waals surface area contributed by atoms with Crippen molar-refractivity contribution in [2.24, 2.45) is 13.0 Å². The third-order valence-corrected chi connectivity index (χ3v) is 3.90. The van der Waals surface area contributed by atoms with Gasteiger partial charge < -0.3 is 15.4 Å². The number of amides is 1. The zero-order valence-electron chi connectivity index (χ0n) is 12.1. The van der Waals surface area contributed by atoms with E-state index >= 15 is 0 Å². The number of aliphatic hydroxyl groups excluding tert-OH is 1. The number of nitrogens with one attached hydrogen (secondary N) is 2. The summed E-state index contributed by atoms with van der Waals surface area (Å²) in [6.45, 7) is 0. The average Bonchev–Trinajstić information content (AvgIpc) is 2.89. The van der Waals surface area contributed by atoms with Crippen molar-refractivity contribution in [1.29, 1.82) is 0 Å². The molecule has 2 heterocycles. The molecule has 22 heavy (non-hydrogen) atoms. The molecule has 116 valence electrons. The molecule has 1 amide bonds. The number of aliphatic hydroxyl groups is 1. The van der Waals surface area contributed by atoms with E-state index in [0.717, 1.165) is 11.8 Å². The van der Waals surface area contributed by atoms with Crippen molar-refractivity contribution < 1.29 is 9.90 Å². The SMILES string of the molecule is Cn1cc(C(NC(=O)c2c[nH]c(=O)cn2)C2CC(O)C2)cn1. The monoisotopic (exact) mass is 303 g/mol. The molecule has 2 aromatic heterocycles. The highest BCUT2D eigenvalue weighted by atomic mass is 16.3. The molecule has 1 saturated carbocycles. The minimum absolute atomic E-state index is 0.147. The molecular formula is C14H17N5O3. The Kier molecular flexibility index (Phi) is 3.76. The molecule has 8 nitrogen and oxygen atoms in total. The van der Waals surface area contributed by atoms with Crippen LogP contribution in [-0.4, -0.2) is 36.9 Å². The molecule has 1 fully saturated rings. The van der Waals surface area contributed by atoms with Crippen molar-refractivity contribution in [1.82, 2.24) is 25.1 Å². The lowest BCUT2D eigenvalue weighted by Crippen LogP contribution is -2.41. The molecule has 2 aromatic rings. The van der Waals surface area contributed by atoms with Gasteiger partial charge in [-0.05, 0) is 18.8 Å². The molecule has 1 aliphatic rings. The summed E-state index contributed by atoms with van der Waals surface area (Å²) in [6, 6.07) is -0.238. The van der Waals surface area contributed by atoms with Crippen molar-refractivity contribution >= 4 is 5.91 Å². The summed E-state index contributed by atoms with van der Waals surface area (Å²) in [5, 5.41) is 16.6. The predicted octanol–water partition coefficient (Wildman–Crippen LogP) is -0.255. The fraction of sp³-hybridized carbons (Fsp3) is 0.429. The summed E-state index contributed by atoms with van der Waals surface area (Å²) in [6.07, 6.45) is 6.87. The van der Waals surface area contributed by atoms with Gasteiger partial charge in [0.25, 0.3) is 11.5 Å². The minimum atomic E-state index is -0.369. The van der Waals surface area contributed by atoms with E-state index in [9.17, 15) is 14.7 Å². The Hall–Kier alpha value is -2.48. The van der Waals surface area contributed by atoms with Gasteiger partial charge in [-0.25, -0.2) is 4.98 Å². The zero-order chi connectivity index (χ0) is 15.7. The van der Waals surface area contributed by atoms with Gasteiger partial charge in [0.05, 0.1) is 24.5 Å². The largest absolute Gasteiger partial charge is 0.393 e. The van der Waals surface area contributed by atoms with Crippen molar-refractivity contribution in [3.8, 4) is 0 Å². The number of aromatic nitrogens is 4. The summed E-state index contributed by atoms with van der Waals surface area (Å²) in [5.41, 5.74) is 0.674. The maximum atomic E-state index is 12.3. The van der Waals surface area contributed by atoms with Gasteiger partial charge in [0.15, 0.2) is 0 Å². The summed E-state index contributed by atoms with van der Waals surface area (Å²) in [5.74, 6) is -0.211. The van der Waals surface area contributed by atoms with Gasteiger partial charge in [0.1, 0.15) is 5.69 Å². The van der Waals surface area contributed by atoms with Crippen LogP contribution in [0.1, 0.15) is 34.9 Å². The van der Waals surface area contributed by atoms with Crippen LogP contribution < -0.4 is 10.9 Å². The molecule has 1 aliphatic carbocycles. The molecule has 1 unspecified atom stereocenters. The van der Waals surface area contributed by atoms with Crippen LogP contribution >= 0.6 is 0 Å². The van der Waals surface area contributed by atoms with Crippen molar-refractivity contribution in [3.63, 3.8) is 0 Å². The predicted molar refractivity (Wildman–Crippen MR) is 77.0 cm³/mol. The first-order chi connectivity index (χ1) is 10.5. The first-order valence-corrected chi connectivity index (χ1v) is 7.05. The fourth-order valence-corrected chi connectivity index (χ4v) is 2.66. The summed E-state index contributed by atoms with van der Waals surface area (Å²) in [4.78, 5) is 29.5. The smallest absolute Gasteiger partial charge is 0.271 e. The van der Waals surface area contributed by atoms with Crippen LogP contribution in [0.25, 0.3) is 0 Å². The van der Waals surface area contributed by atoms with Crippen LogP contribution in [-0.2, 0) is 7.05 Å². The van der Waals surface area contributed by atoms with Gasteiger partial charge in [-0.1, -0.05) is 0 Å². The van der Waals surface area contributed by atoms with Crippen molar-refractivity contribution in [3.05, 3.63) is 46.4 Å². The topological polar surface area (TPSA) is 113 Å².